The van der Waals surface area contributed by atoms with Crippen LogP contribution in [-0.4, -0.2) is 19.1 Å². The first kappa shape index (κ1) is 16.7. The minimum atomic E-state index is 0.223. The fourth-order valence-corrected chi connectivity index (χ4v) is 2.78. The first-order chi connectivity index (χ1) is 13.1. The summed E-state index contributed by atoms with van der Waals surface area (Å²) in [5.41, 5.74) is 0.223. The molecule has 2 aromatic heterocycles. The Morgan fingerprint density at radius 3 is 2.59 bits per heavy atom. The van der Waals surface area contributed by atoms with Gasteiger partial charge in [-0.05, 0) is 35.0 Å². The summed E-state index contributed by atoms with van der Waals surface area (Å²) in [4.78, 5) is 5.88. The van der Waals surface area contributed by atoms with Crippen LogP contribution in [0, 0.1) is 11.3 Å². The molecule has 0 radical (unpaired) electrons. The average molecular weight is 359 g/mol. The van der Waals surface area contributed by atoms with Gasteiger partial charge in [0.2, 0.25) is 11.6 Å². The average Bonchev–Trinajstić information content (AvgIpc) is 3.33. The number of ether oxygens (including phenoxy) is 1. The number of nitrogens with zero attached hydrogens (tertiary/aromatic N) is 3. The highest BCUT2D eigenvalue weighted by Gasteiger charge is 2.18. The lowest BCUT2D eigenvalue weighted by Crippen LogP contribution is -2.08. The van der Waals surface area contributed by atoms with Crippen LogP contribution in [0.2, 0.25) is 0 Å². The van der Waals surface area contributed by atoms with Crippen LogP contribution in [0.25, 0.3) is 22.4 Å². The third-order valence-corrected chi connectivity index (χ3v) is 4.10. The minimum absolute atomic E-state index is 0.223. The van der Waals surface area contributed by atoms with Gasteiger partial charge in [-0.2, -0.15) is 10.2 Å². The molecule has 0 fully saturated rings. The van der Waals surface area contributed by atoms with Gasteiger partial charge in [0.05, 0.1) is 0 Å². The second-order valence-electron chi connectivity index (χ2n) is 6.24. The van der Waals surface area contributed by atoms with E-state index in [0.717, 1.165) is 11.1 Å². The lowest BCUT2D eigenvalue weighted by molar-refractivity contribution is 0.271. The lowest BCUT2D eigenvalue weighted by Gasteiger charge is -2.06. The maximum absolute atomic E-state index is 9.17. The number of anilines is 1. The topological polar surface area (TPSA) is 75.4 Å². The van der Waals surface area contributed by atoms with Crippen molar-refractivity contribution in [1.29, 1.82) is 5.26 Å². The third kappa shape index (κ3) is 3.35. The molecule has 6 heteroatoms. The molecule has 0 aliphatic carbocycles. The Morgan fingerprint density at radius 1 is 1.04 bits per heavy atom. The normalized spacial score (nSPS) is 10.7. The Hall–Kier alpha value is -3.72. The molecule has 2 heterocycles. The second-order valence-corrected chi connectivity index (χ2v) is 6.24. The molecule has 0 bridgehead atoms. The van der Waals surface area contributed by atoms with Crippen molar-refractivity contribution in [2.24, 2.45) is 0 Å². The van der Waals surface area contributed by atoms with E-state index in [4.69, 9.17) is 18.8 Å². The predicted octanol–water partition coefficient (Wildman–Crippen LogP) is 4.60. The number of furan rings is 1. The Labute approximate surface area is 156 Å². The SMILES string of the molecule is CN(C)c1oc(-c2ccc(COc3ccc4ccccc4c3)o2)nc1C#N. The number of hydrogen-bond acceptors (Lipinski definition) is 6. The van der Waals surface area contributed by atoms with Crippen LogP contribution in [0.1, 0.15) is 11.5 Å². The predicted molar refractivity (Wildman–Crippen MR) is 102 cm³/mol. The van der Waals surface area contributed by atoms with Crippen LogP contribution in [-0.2, 0) is 6.61 Å². The fraction of sp³-hybridized carbons (Fsp3) is 0.143. The standard InChI is InChI=1S/C21H17N3O3/c1-24(2)21-18(12-22)23-20(27-21)19-10-9-17(26-19)13-25-16-8-7-14-5-3-4-6-15(14)11-16/h3-11H,13H2,1-2H3. The first-order valence-electron chi connectivity index (χ1n) is 8.43. The number of hydrogen-bond donors (Lipinski definition) is 0. The molecule has 0 aliphatic rings. The molecule has 0 N–H and O–H groups in total. The van der Waals surface area contributed by atoms with Gasteiger partial charge in [0, 0.05) is 14.1 Å². The molecule has 0 amide bonds. The van der Waals surface area contributed by atoms with Crippen molar-refractivity contribution < 1.29 is 13.6 Å². The third-order valence-electron chi connectivity index (χ3n) is 4.10. The van der Waals surface area contributed by atoms with E-state index in [9.17, 15) is 0 Å². The van der Waals surface area contributed by atoms with E-state index >= 15 is 0 Å². The van der Waals surface area contributed by atoms with Crippen LogP contribution in [0.4, 0.5) is 5.88 Å². The summed E-state index contributed by atoms with van der Waals surface area (Å²) in [6.07, 6.45) is 0. The number of fused-ring (bicyclic) bond motifs is 1. The van der Waals surface area contributed by atoms with Gasteiger partial charge in [-0.3, -0.25) is 0 Å². The number of benzene rings is 2. The van der Waals surface area contributed by atoms with E-state index in [-0.39, 0.29) is 18.2 Å². The largest absolute Gasteiger partial charge is 0.486 e. The molecule has 6 nitrogen and oxygen atoms in total. The van der Waals surface area contributed by atoms with E-state index < -0.39 is 0 Å². The van der Waals surface area contributed by atoms with E-state index in [1.807, 2.05) is 48.5 Å². The van der Waals surface area contributed by atoms with Gasteiger partial charge in [-0.25, -0.2) is 0 Å². The molecule has 0 saturated carbocycles. The molecule has 134 valence electrons. The summed E-state index contributed by atoms with van der Waals surface area (Å²) in [5, 5.41) is 11.5. The lowest BCUT2D eigenvalue weighted by atomic mass is 10.1. The quantitative estimate of drug-likeness (QED) is 0.518. The minimum Gasteiger partial charge on any atom is -0.486 e. The fourth-order valence-electron chi connectivity index (χ4n) is 2.78. The summed E-state index contributed by atoms with van der Waals surface area (Å²) in [6, 6.07) is 19.7. The van der Waals surface area contributed by atoms with E-state index in [0.29, 0.717) is 17.4 Å². The van der Waals surface area contributed by atoms with Crippen molar-refractivity contribution in [2.75, 3.05) is 19.0 Å². The van der Waals surface area contributed by atoms with Crippen LogP contribution < -0.4 is 9.64 Å². The smallest absolute Gasteiger partial charge is 0.266 e. The highest BCUT2D eigenvalue weighted by Crippen LogP contribution is 2.29. The molecular formula is C21H17N3O3. The number of oxazole rings is 1. The molecule has 27 heavy (non-hydrogen) atoms. The molecule has 0 atom stereocenters. The molecular weight excluding hydrogens is 342 g/mol. The van der Waals surface area contributed by atoms with Gasteiger partial charge < -0.3 is 18.5 Å². The van der Waals surface area contributed by atoms with Crippen LogP contribution in [0.3, 0.4) is 0 Å². The van der Waals surface area contributed by atoms with Gasteiger partial charge in [0.25, 0.3) is 5.89 Å². The van der Waals surface area contributed by atoms with E-state index in [2.05, 4.69) is 11.1 Å². The van der Waals surface area contributed by atoms with Gasteiger partial charge >= 0.3 is 0 Å². The van der Waals surface area contributed by atoms with E-state index in [1.165, 1.54) is 5.39 Å². The number of rotatable bonds is 5. The van der Waals surface area contributed by atoms with Gasteiger partial charge in [-0.15, -0.1) is 0 Å². The van der Waals surface area contributed by atoms with Crippen LogP contribution >= 0.6 is 0 Å². The van der Waals surface area contributed by atoms with E-state index in [1.54, 1.807) is 25.1 Å². The van der Waals surface area contributed by atoms with Gasteiger partial charge in [-0.1, -0.05) is 30.3 Å². The highest BCUT2D eigenvalue weighted by atomic mass is 16.5. The molecule has 4 rings (SSSR count). The molecule has 2 aromatic carbocycles. The Bertz CT molecular complexity index is 1130. The van der Waals surface area contributed by atoms with Crippen molar-refractivity contribution >= 4 is 16.7 Å². The summed E-state index contributed by atoms with van der Waals surface area (Å²) >= 11 is 0. The zero-order chi connectivity index (χ0) is 18.8. The van der Waals surface area contributed by atoms with Gasteiger partial charge in [0.15, 0.2) is 5.76 Å². The molecule has 0 unspecified atom stereocenters. The van der Waals surface area contributed by atoms with Crippen molar-refractivity contribution in [3.8, 4) is 23.5 Å². The van der Waals surface area contributed by atoms with Crippen molar-refractivity contribution in [3.05, 3.63) is 66.1 Å². The first-order valence-corrected chi connectivity index (χ1v) is 8.43. The summed E-state index contributed by atoms with van der Waals surface area (Å²) < 4.78 is 17.2. The summed E-state index contributed by atoms with van der Waals surface area (Å²) in [6.45, 7) is 0.282. The monoisotopic (exact) mass is 359 g/mol. The summed E-state index contributed by atoms with van der Waals surface area (Å²) in [5.74, 6) is 2.53. The Kier molecular flexibility index (Phi) is 4.27. The van der Waals surface area contributed by atoms with Crippen LogP contribution in [0.15, 0.2) is 63.4 Å². The zero-order valence-electron chi connectivity index (χ0n) is 15.0. The number of aromatic nitrogens is 1. The Balaban J connectivity index is 1.50. The maximum atomic E-state index is 9.17. The van der Waals surface area contributed by atoms with Gasteiger partial charge in [0.1, 0.15) is 24.2 Å². The molecule has 0 spiro atoms. The molecule has 0 saturated heterocycles. The highest BCUT2D eigenvalue weighted by molar-refractivity contribution is 5.83. The Morgan fingerprint density at radius 2 is 1.85 bits per heavy atom. The molecule has 0 aliphatic heterocycles. The van der Waals surface area contributed by atoms with Crippen molar-refractivity contribution in [1.82, 2.24) is 4.98 Å². The summed E-state index contributed by atoms with van der Waals surface area (Å²) in [7, 11) is 3.58. The van der Waals surface area contributed by atoms with Crippen LogP contribution in [0.5, 0.6) is 5.75 Å². The molecule has 4 aromatic rings. The number of nitriles is 1. The van der Waals surface area contributed by atoms with Crippen molar-refractivity contribution in [3.63, 3.8) is 0 Å². The zero-order valence-corrected chi connectivity index (χ0v) is 15.0. The second kappa shape index (κ2) is 6.89. The maximum Gasteiger partial charge on any atom is 0.266 e. The van der Waals surface area contributed by atoms with Crippen molar-refractivity contribution in [2.45, 2.75) is 6.61 Å².